The number of aromatic nitrogens is 1. The average molecular weight is 791 g/mol. The van der Waals surface area contributed by atoms with Crippen LogP contribution in [0.3, 0.4) is 0 Å². The maximum atomic E-state index is 14.9. The topological polar surface area (TPSA) is 159 Å². The van der Waals surface area contributed by atoms with Crippen molar-refractivity contribution in [3.05, 3.63) is 75.7 Å². The van der Waals surface area contributed by atoms with Crippen molar-refractivity contribution in [3.63, 3.8) is 0 Å². The average Bonchev–Trinajstić information content (AvgIpc) is 3.70. The number of unbranched alkanes of at least 4 members (excludes halogenated alkanes) is 2. The van der Waals surface area contributed by atoms with Gasteiger partial charge in [-0.15, -0.1) is 11.3 Å². The van der Waals surface area contributed by atoms with Gasteiger partial charge in [-0.05, 0) is 54.7 Å². The van der Waals surface area contributed by atoms with Crippen LogP contribution in [0, 0.1) is 11.8 Å². The van der Waals surface area contributed by atoms with Crippen LogP contribution in [0.15, 0.2) is 53.9 Å². The number of hydrogen-bond acceptors (Lipinski definition) is 9. The standard InChI is InChI=1S/C42H58N6O7S/c1-10-11-12-13-32-26(4)37(49)46-36(25(2)3)42(53)48(7)35(23-29-16-20-31(55-9)21-17-29)41(52)47(6)34(22-28-14-18-30(54-8)19-15-28)39(51)43-27(5)40-45-33(24-56-40)38(50)44-32/h14-21,24-27,32,34-36H,10-13,22-23H2,1-9H3,(H,43,51)(H,44,50)(H,46,49)/t26-,27-,32+,34-,35-,36-/m0/s1. The summed E-state index contributed by atoms with van der Waals surface area (Å²) in [7, 11) is 6.26. The molecule has 0 spiro atoms. The zero-order chi connectivity index (χ0) is 41.1. The third kappa shape index (κ3) is 11.1. The van der Waals surface area contributed by atoms with Crippen LogP contribution in [0.5, 0.6) is 11.5 Å². The molecule has 0 saturated carbocycles. The highest BCUT2D eigenvalue weighted by Gasteiger charge is 2.39. The number of amides is 5. The van der Waals surface area contributed by atoms with Gasteiger partial charge >= 0.3 is 0 Å². The minimum Gasteiger partial charge on any atom is -0.497 e. The minimum absolute atomic E-state index is 0.130. The number of nitrogens with one attached hydrogen (secondary N) is 3. The molecule has 4 rings (SSSR count). The summed E-state index contributed by atoms with van der Waals surface area (Å²) in [6.07, 6.45) is 3.52. The fraction of sp³-hybridized carbons (Fsp3) is 0.524. The van der Waals surface area contributed by atoms with Crippen molar-refractivity contribution >= 4 is 40.9 Å². The molecule has 0 saturated heterocycles. The van der Waals surface area contributed by atoms with E-state index in [2.05, 4.69) is 27.9 Å². The molecule has 3 aromatic rings. The van der Waals surface area contributed by atoms with Gasteiger partial charge < -0.3 is 35.2 Å². The van der Waals surface area contributed by atoms with E-state index in [-0.39, 0.29) is 30.4 Å². The van der Waals surface area contributed by atoms with Crippen molar-refractivity contribution in [2.24, 2.45) is 11.8 Å². The molecule has 3 N–H and O–H groups in total. The van der Waals surface area contributed by atoms with Crippen molar-refractivity contribution in [1.29, 1.82) is 0 Å². The summed E-state index contributed by atoms with van der Waals surface area (Å²) in [5, 5.41) is 11.2. The normalized spacial score (nSPS) is 23.1. The van der Waals surface area contributed by atoms with Gasteiger partial charge in [0.15, 0.2) is 0 Å². The molecule has 0 unspecified atom stereocenters. The summed E-state index contributed by atoms with van der Waals surface area (Å²) in [4.78, 5) is 78.7. The molecule has 14 heteroatoms. The molecule has 0 aliphatic carbocycles. The number of ether oxygens (including phenoxy) is 2. The second-order valence-corrected chi connectivity index (χ2v) is 15.8. The first-order chi connectivity index (χ1) is 26.7. The summed E-state index contributed by atoms with van der Waals surface area (Å²) >= 11 is 1.24. The molecule has 304 valence electrons. The number of carbonyl (C=O) groups is 5. The van der Waals surface area contributed by atoms with Crippen molar-refractivity contribution in [2.45, 2.75) is 103 Å². The van der Waals surface area contributed by atoms with E-state index in [1.807, 2.05) is 38.1 Å². The Balaban J connectivity index is 1.82. The number of carbonyl (C=O) groups excluding carboxylic acids is 5. The fourth-order valence-corrected chi connectivity index (χ4v) is 7.58. The lowest BCUT2D eigenvalue weighted by atomic mass is 9.93. The SMILES string of the molecule is CCCCC[C@H]1NC(=O)c2csc(n2)[C@H](C)NC(=O)[C@H](Cc2ccc(OC)cc2)N(C)C(=O)[C@H](Cc2ccc(OC)cc2)N(C)C(=O)[C@H](C(C)C)NC(=O)[C@H]1C. The van der Waals surface area contributed by atoms with Gasteiger partial charge in [0.1, 0.15) is 40.3 Å². The van der Waals surface area contributed by atoms with Gasteiger partial charge in [0.05, 0.1) is 26.2 Å². The molecule has 13 nitrogen and oxygen atoms in total. The molecular formula is C42H58N6O7S. The van der Waals surface area contributed by atoms with Crippen molar-refractivity contribution in [3.8, 4) is 11.5 Å². The largest absolute Gasteiger partial charge is 0.497 e. The fourth-order valence-electron chi connectivity index (χ4n) is 6.77. The van der Waals surface area contributed by atoms with E-state index < -0.39 is 59.8 Å². The predicted octanol–water partition coefficient (Wildman–Crippen LogP) is 4.95. The van der Waals surface area contributed by atoms with Gasteiger partial charge in [0.25, 0.3) is 5.91 Å². The number of nitrogens with zero attached hydrogens (tertiary/aromatic N) is 3. The highest BCUT2D eigenvalue weighted by Crippen LogP contribution is 2.24. The highest BCUT2D eigenvalue weighted by atomic mass is 32.1. The summed E-state index contributed by atoms with van der Waals surface area (Å²) < 4.78 is 10.7. The van der Waals surface area contributed by atoms with Crippen LogP contribution in [0.2, 0.25) is 0 Å². The third-order valence-corrected chi connectivity index (χ3v) is 11.6. The lowest BCUT2D eigenvalue weighted by Crippen LogP contribution is -2.60. The second-order valence-electron chi connectivity index (χ2n) is 14.9. The van der Waals surface area contributed by atoms with E-state index in [1.165, 1.54) is 21.1 Å². The van der Waals surface area contributed by atoms with E-state index in [9.17, 15) is 24.0 Å². The molecule has 56 heavy (non-hydrogen) atoms. The van der Waals surface area contributed by atoms with Gasteiger partial charge in [-0.3, -0.25) is 24.0 Å². The van der Waals surface area contributed by atoms with Crippen LogP contribution in [0.4, 0.5) is 0 Å². The van der Waals surface area contributed by atoms with Gasteiger partial charge in [-0.1, -0.05) is 71.2 Å². The Bertz CT molecular complexity index is 1800. The molecule has 2 aromatic carbocycles. The minimum atomic E-state index is -1.05. The number of methoxy groups -OCH3 is 2. The van der Waals surface area contributed by atoms with E-state index >= 15 is 0 Å². The van der Waals surface area contributed by atoms with Crippen LogP contribution < -0.4 is 25.4 Å². The smallest absolute Gasteiger partial charge is 0.271 e. The molecule has 5 amide bonds. The van der Waals surface area contributed by atoms with Crippen molar-refractivity contribution in [2.75, 3.05) is 28.3 Å². The Morgan fingerprint density at radius 2 is 1.30 bits per heavy atom. The Kier molecular flexibility index (Phi) is 15.8. The maximum absolute atomic E-state index is 14.9. The van der Waals surface area contributed by atoms with E-state index in [0.717, 1.165) is 30.4 Å². The maximum Gasteiger partial charge on any atom is 0.271 e. The summed E-state index contributed by atoms with van der Waals surface area (Å²) in [6.45, 7) is 9.27. The molecule has 6 atom stereocenters. The Hall–Kier alpha value is -4.98. The molecule has 1 aliphatic heterocycles. The third-order valence-electron chi connectivity index (χ3n) is 10.6. The molecule has 0 fully saturated rings. The molecule has 2 bridgehead atoms. The monoisotopic (exact) mass is 790 g/mol. The molecule has 0 radical (unpaired) electrons. The summed E-state index contributed by atoms with van der Waals surface area (Å²) in [5.74, 6) is -1.90. The van der Waals surface area contributed by atoms with Gasteiger partial charge in [-0.2, -0.15) is 0 Å². The zero-order valence-electron chi connectivity index (χ0n) is 34.1. The second kappa shape index (κ2) is 20.3. The van der Waals surface area contributed by atoms with Crippen LogP contribution in [-0.2, 0) is 32.0 Å². The lowest BCUT2D eigenvalue weighted by molar-refractivity contribution is -0.149. The first-order valence-electron chi connectivity index (χ1n) is 19.3. The predicted molar refractivity (Wildman–Crippen MR) is 217 cm³/mol. The number of fused-ring (bicyclic) bond motifs is 2. The molecule has 2 heterocycles. The Morgan fingerprint density at radius 3 is 1.84 bits per heavy atom. The van der Waals surface area contributed by atoms with E-state index in [1.54, 1.807) is 71.8 Å². The Morgan fingerprint density at radius 1 is 0.750 bits per heavy atom. The first kappa shape index (κ1) is 43.7. The van der Waals surface area contributed by atoms with E-state index in [0.29, 0.717) is 22.9 Å². The Labute approximate surface area is 334 Å². The van der Waals surface area contributed by atoms with Crippen molar-refractivity contribution in [1.82, 2.24) is 30.7 Å². The van der Waals surface area contributed by atoms with Crippen LogP contribution in [-0.4, -0.2) is 96.8 Å². The van der Waals surface area contributed by atoms with Crippen molar-refractivity contribution < 1.29 is 33.4 Å². The van der Waals surface area contributed by atoms with Crippen LogP contribution in [0.25, 0.3) is 0 Å². The highest BCUT2D eigenvalue weighted by molar-refractivity contribution is 7.09. The van der Waals surface area contributed by atoms with Gasteiger partial charge in [-0.25, -0.2) is 4.98 Å². The number of likely N-dealkylation sites (N-methyl/N-ethyl adjacent to an activating group) is 2. The summed E-state index contributed by atoms with van der Waals surface area (Å²) in [6, 6.07) is 10.3. The lowest BCUT2D eigenvalue weighted by Gasteiger charge is -2.37. The zero-order valence-corrected chi connectivity index (χ0v) is 34.9. The van der Waals surface area contributed by atoms with Gasteiger partial charge in [0, 0.05) is 38.4 Å². The van der Waals surface area contributed by atoms with E-state index in [4.69, 9.17) is 9.47 Å². The van der Waals surface area contributed by atoms with Gasteiger partial charge in [0.2, 0.25) is 23.6 Å². The number of hydrogen-bond donors (Lipinski definition) is 3. The number of rotatable bonds is 11. The molecule has 1 aromatic heterocycles. The quantitative estimate of drug-likeness (QED) is 0.231. The molecular weight excluding hydrogens is 733 g/mol. The van der Waals surface area contributed by atoms with Crippen LogP contribution in [0.1, 0.15) is 93.0 Å². The first-order valence-corrected chi connectivity index (χ1v) is 20.2. The number of benzene rings is 2. The number of thiazole rings is 1. The van der Waals surface area contributed by atoms with Crippen LogP contribution >= 0.6 is 11.3 Å². The molecule has 1 aliphatic rings. The summed E-state index contributed by atoms with van der Waals surface area (Å²) in [5.41, 5.74) is 1.73.